The fourth-order valence-corrected chi connectivity index (χ4v) is 3.11. The lowest BCUT2D eigenvalue weighted by Crippen LogP contribution is -2.24. The molecule has 0 spiro atoms. The molecule has 0 radical (unpaired) electrons. The molecule has 1 heterocycles. The molecule has 0 aliphatic heterocycles. The van der Waals surface area contributed by atoms with Crippen molar-refractivity contribution in [1.82, 2.24) is 9.78 Å². The first-order chi connectivity index (χ1) is 11.1. The highest BCUT2D eigenvalue weighted by molar-refractivity contribution is 7.80. The van der Waals surface area contributed by atoms with Crippen LogP contribution in [0.3, 0.4) is 0 Å². The van der Waals surface area contributed by atoms with E-state index in [9.17, 15) is 8.78 Å². The molecule has 1 aromatic carbocycles. The third-order valence-electron chi connectivity index (χ3n) is 4.01. The molecule has 0 atom stereocenters. The molecule has 1 aliphatic carbocycles. The lowest BCUT2D eigenvalue weighted by atomic mass is 9.96. The van der Waals surface area contributed by atoms with Crippen LogP contribution in [-0.2, 0) is 0 Å². The second kappa shape index (κ2) is 7.04. The second-order valence-electron chi connectivity index (χ2n) is 5.66. The highest BCUT2D eigenvalue weighted by Gasteiger charge is 2.18. The molecule has 1 fully saturated rings. The van der Waals surface area contributed by atoms with Gasteiger partial charge in [-0.1, -0.05) is 19.3 Å². The molecule has 122 valence electrons. The van der Waals surface area contributed by atoms with Gasteiger partial charge in [0.15, 0.2) is 5.11 Å². The molecule has 0 amide bonds. The molecule has 1 saturated carbocycles. The fourth-order valence-electron chi connectivity index (χ4n) is 2.89. The summed E-state index contributed by atoms with van der Waals surface area (Å²) < 4.78 is 28.5. The lowest BCUT2D eigenvalue weighted by Gasteiger charge is -2.24. The van der Waals surface area contributed by atoms with E-state index in [1.54, 1.807) is 6.20 Å². The van der Waals surface area contributed by atoms with E-state index in [0.29, 0.717) is 6.04 Å². The Hall–Kier alpha value is -2.02. The van der Waals surface area contributed by atoms with Gasteiger partial charge in [-0.05, 0) is 37.2 Å². The van der Waals surface area contributed by atoms with Crippen LogP contribution >= 0.6 is 12.2 Å². The monoisotopic (exact) mass is 336 g/mol. The third-order valence-corrected chi connectivity index (χ3v) is 4.22. The van der Waals surface area contributed by atoms with Crippen LogP contribution < -0.4 is 10.6 Å². The standard InChI is InChI=1S/C16H18F2N4S/c17-11-6-7-14(13(18)10-11)20-16(23)21-15-8-9-19-22(15)12-4-2-1-3-5-12/h6-10,12H,1-5H2,(H2,20,21,23). The first-order valence-electron chi connectivity index (χ1n) is 7.70. The molecule has 23 heavy (non-hydrogen) atoms. The summed E-state index contributed by atoms with van der Waals surface area (Å²) in [5.41, 5.74) is 0.132. The zero-order valence-electron chi connectivity index (χ0n) is 12.6. The third kappa shape index (κ3) is 3.85. The Morgan fingerprint density at radius 2 is 1.91 bits per heavy atom. The number of halogens is 2. The Morgan fingerprint density at radius 3 is 2.65 bits per heavy atom. The first-order valence-corrected chi connectivity index (χ1v) is 8.11. The van der Waals surface area contributed by atoms with Crippen molar-refractivity contribution in [2.24, 2.45) is 0 Å². The van der Waals surface area contributed by atoms with E-state index in [4.69, 9.17) is 12.2 Å². The summed E-state index contributed by atoms with van der Waals surface area (Å²) in [6.07, 6.45) is 7.59. The average molecular weight is 336 g/mol. The van der Waals surface area contributed by atoms with Gasteiger partial charge in [0, 0.05) is 12.1 Å². The van der Waals surface area contributed by atoms with Crippen LogP contribution in [0, 0.1) is 11.6 Å². The number of aromatic nitrogens is 2. The average Bonchev–Trinajstić information content (AvgIpc) is 2.99. The van der Waals surface area contributed by atoms with Gasteiger partial charge < -0.3 is 10.6 Å². The Kier molecular flexibility index (Phi) is 4.85. The van der Waals surface area contributed by atoms with Crippen LogP contribution in [0.15, 0.2) is 30.5 Å². The van der Waals surface area contributed by atoms with E-state index in [0.717, 1.165) is 24.7 Å². The van der Waals surface area contributed by atoms with Crippen LogP contribution in [0.1, 0.15) is 38.1 Å². The topological polar surface area (TPSA) is 41.9 Å². The van der Waals surface area contributed by atoms with Crippen molar-refractivity contribution in [3.63, 3.8) is 0 Å². The minimum atomic E-state index is -0.685. The number of anilines is 2. The van der Waals surface area contributed by atoms with Gasteiger partial charge in [0.2, 0.25) is 0 Å². The van der Waals surface area contributed by atoms with E-state index >= 15 is 0 Å². The zero-order chi connectivity index (χ0) is 16.2. The van der Waals surface area contributed by atoms with E-state index in [1.807, 2.05) is 10.7 Å². The number of thiocarbonyl (C=S) groups is 1. The molecule has 0 saturated heterocycles. The van der Waals surface area contributed by atoms with Crippen LogP contribution in [0.4, 0.5) is 20.3 Å². The number of nitrogens with one attached hydrogen (secondary N) is 2. The van der Waals surface area contributed by atoms with Crippen LogP contribution in [-0.4, -0.2) is 14.9 Å². The Labute approximate surface area is 138 Å². The minimum Gasteiger partial charge on any atom is -0.330 e. The molecule has 2 aromatic rings. The fraction of sp³-hybridized carbons (Fsp3) is 0.375. The predicted octanol–water partition coefficient (Wildman–Crippen LogP) is 4.48. The van der Waals surface area contributed by atoms with Gasteiger partial charge in [-0.15, -0.1) is 0 Å². The maximum Gasteiger partial charge on any atom is 0.176 e. The number of hydrogen-bond acceptors (Lipinski definition) is 2. The van der Waals surface area contributed by atoms with Gasteiger partial charge >= 0.3 is 0 Å². The quantitative estimate of drug-likeness (QED) is 0.811. The largest absolute Gasteiger partial charge is 0.330 e. The highest BCUT2D eigenvalue weighted by atomic mass is 32.1. The number of nitrogens with zero attached hydrogens (tertiary/aromatic N) is 2. The number of rotatable bonds is 3. The second-order valence-corrected chi connectivity index (χ2v) is 6.06. The molecule has 0 bridgehead atoms. The van der Waals surface area contributed by atoms with E-state index < -0.39 is 11.6 Å². The van der Waals surface area contributed by atoms with E-state index in [2.05, 4.69) is 15.7 Å². The van der Waals surface area contributed by atoms with Crippen molar-refractivity contribution in [2.75, 3.05) is 10.6 Å². The Balaban J connectivity index is 1.67. The van der Waals surface area contributed by atoms with Gasteiger partial charge in [0.05, 0.1) is 17.9 Å². The van der Waals surface area contributed by atoms with Gasteiger partial charge in [0.25, 0.3) is 0 Å². The number of benzene rings is 1. The van der Waals surface area contributed by atoms with Crippen molar-refractivity contribution in [2.45, 2.75) is 38.1 Å². The molecule has 2 N–H and O–H groups in total. The van der Waals surface area contributed by atoms with E-state index in [-0.39, 0.29) is 10.8 Å². The van der Waals surface area contributed by atoms with Crippen molar-refractivity contribution in [3.05, 3.63) is 42.1 Å². The predicted molar refractivity (Wildman–Crippen MR) is 90.6 cm³/mol. The zero-order valence-corrected chi connectivity index (χ0v) is 13.4. The molecule has 1 aromatic heterocycles. The normalized spacial score (nSPS) is 15.4. The smallest absolute Gasteiger partial charge is 0.176 e. The summed E-state index contributed by atoms with van der Waals surface area (Å²) in [5, 5.41) is 10.4. The summed E-state index contributed by atoms with van der Waals surface area (Å²) in [4.78, 5) is 0. The van der Waals surface area contributed by atoms with Crippen LogP contribution in [0.2, 0.25) is 0 Å². The molecule has 4 nitrogen and oxygen atoms in total. The highest BCUT2D eigenvalue weighted by Crippen LogP contribution is 2.30. The summed E-state index contributed by atoms with van der Waals surface area (Å²) in [5.74, 6) is -0.533. The van der Waals surface area contributed by atoms with Crippen molar-refractivity contribution in [3.8, 4) is 0 Å². The molecular weight excluding hydrogens is 318 g/mol. The summed E-state index contributed by atoms with van der Waals surface area (Å²) in [6.45, 7) is 0. The van der Waals surface area contributed by atoms with E-state index in [1.165, 1.54) is 31.4 Å². The summed E-state index contributed by atoms with van der Waals surface area (Å²) in [7, 11) is 0. The molecule has 7 heteroatoms. The van der Waals surface area contributed by atoms with Crippen molar-refractivity contribution in [1.29, 1.82) is 0 Å². The van der Waals surface area contributed by atoms with Crippen molar-refractivity contribution < 1.29 is 8.78 Å². The molecular formula is C16H18F2N4S. The van der Waals surface area contributed by atoms with Crippen LogP contribution in [0.25, 0.3) is 0 Å². The first kappa shape index (κ1) is 15.9. The molecule has 0 unspecified atom stereocenters. The lowest BCUT2D eigenvalue weighted by molar-refractivity contribution is 0.333. The summed E-state index contributed by atoms with van der Waals surface area (Å²) >= 11 is 5.21. The van der Waals surface area contributed by atoms with Gasteiger partial charge in [0.1, 0.15) is 17.5 Å². The summed E-state index contributed by atoms with van der Waals surface area (Å²) in [6, 6.07) is 5.52. The molecule has 1 aliphatic rings. The van der Waals surface area contributed by atoms with Gasteiger partial charge in [-0.2, -0.15) is 5.10 Å². The van der Waals surface area contributed by atoms with Gasteiger partial charge in [-0.25, -0.2) is 13.5 Å². The van der Waals surface area contributed by atoms with Crippen molar-refractivity contribution >= 4 is 28.8 Å². The van der Waals surface area contributed by atoms with Gasteiger partial charge in [-0.3, -0.25) is 0 Å². The Bertz CT molecular complexity index is 695. The van der Waals surface area contributed by atoms with Crippen LogP contribution in [0.5, 0.6) is 0 Å². The Morgan fingerprint density at radius 1 is 1.13 bits per heavy atom. The molecule has 3 rings (SSSR count). The minimum absolute atomic E-state index is 0.132. The number of hydrogen-bond donors (Lipinski definition) is 2. The SMILES string of the molecule is Fc1ccc(NC(=S)Nc2ccnn2C2CCCCC2)c(F)c1. The maximum absolute atomic E-state index is 13.7. The maximum atomic E-state index is 13.7.